The summed E-state index contributed by atoms with van der Waals surface area (Å²) in [6.45, 7) is 6.88. The lowest BCUT2D eigenvalue weighted by Crippen LogP contribution is -2.51. The average molecular weight is 642 g/mol. The largest absolute Gasteiger partial charge is 0.444 e. The van der Waals surface area contributed by atoms with Crippen LogP contribution >= 0.6 is 0 Å². The second-order valence-corrected chi connectivity index (χ2v) is 11.7. The molecule has 14 heteroatoms. The first-order valence-corrected chi connectivity index (χ1v) is 14.3. The highest BCUT2D eigenvalue weighted by Crippen LogP contribution is 2.31. The maximum Gasteiger partial charge on any atom is 0.416 e. The van der Waals surface area contributed by atoms with Crippen molar-refractivity contribution in [1.82, 2.24) is 19.4 Å². The molecule has 1 saturated heterocycles. The molecular weight excluding hydrogens is 610 g/mol. The van der Waals surface area contributed by atoms with Crippen LogP contribution in [0.1, 0.15) is 47.2 Å². The van der Waals surface area contributed by atoms with Crippen molar-refractivity contribution in [2.24, 2.45) is 7.05 Å². The first-order chi connectivity index (χ1) is 21.6. The Bertz CT molecular complexity index is 1790. The number of nitrogens with one attached hydrogen (secondary N) is 1. The minimum absolute atomic E-state index is 0.166. The normalized spacial score (nSPS) is 13.9. The fraction of sp³-hybridized carbons (Fsp3) is 0.312. The zero-order valence-electron chi connectivity index (χ0n) is 25.4. The summed E-state index contributed by atoms with van der Waals surface area (Å²) in [5.74, 6) is -1.81. The van der Waals surface area contributed by atoms with Crippen LogP contribution in [0.25, 0.3) is 10.9 Å². The highest BCUT2D eigenvalue weighted by atomic mass is 19.4. The zero-order valence-corrected chi connectivity index (χ0v) is 25.4. The molecule has 1 N–H and O–H groups in total. The molecule has 1 aliphatic heterocycles. The number of rotatable bonds is 5. The molecule has 242 valence electrons. The summed E-state index contributed by atoms with van der Waals surface area (Å²) in [7, 11) is 1.77. The standard InChI is InChI=1S/C32H31F4N5O5/c1-31(2,3)46-30(44)41-13-11-40(12-14-41)29(43)26-15-19-5-8-22(17-25(19)39(26)4)45-27-10-7-21(18-37-27)38-28(42)23-9-6-20(16-24(23)33)32(34,35)36/h5-10,15-18H,11-14H2,1-4H3,(H,38,42). The molecule has 3 heterocycles. The number of pyridine rings is 1. The van der Waals surface area contributed by atoms with E-state index in [-0.39, 0.29) is 23.5 Å². The van der Waals surface area contributed by atoms with Crippen molar-refractivity contribution in [3.8, 4) is 11.6 Å². The number of carbonyl (C=O) groups excluding carboxylic acids is 3. The second-order valence-electron chi connectivity index (χ2n) is 11.7. The molecule has 0 spiro atoms. The number of nitrogens with zero attached hydrogens (tertiary/aromatic N) is 4. The van der Waals surface area contributed by atoms with E-state index >= 15 is 0 Å². The van der Waals surface area contributed by atoms with Gasteiger partial charge >= 0.3 is 12.3 Å². The number of hydrogen-bond donors (Lipinski definition) is 1. The van der Waals surface area contributed by atoms with Gasteiger partial charge in [0.05, 0.1) is 28.5 Å². The van der Waals surface area contributed by atoms with Crippen molar-refractivity contribution in [2.75, 3.05) is 31.5 Å². The van der Waals surface area contributed by atoms with Crippen molar-refractivity contribution in [2.45, 2.75) is 32.5 Å². The van der Waals surface area contributed by atoms with E-state index in [2.05, 4.69) is 10.3 Å². The van der Waals surface area contributed by atoms with E-state index in [0.717, 1.165) is 17.0 Å². The molecule has 0 radical (unpaired) electrons. The molecule has 2 aromatic heterocycles. The number of ether oxygens (including phenoxy) is 2. The third kappa shape index (κ3) is 7.22. The number of piperazine rings is 1. The number of carbonyl (C=O) groups is 3. The highest BCUT2D eigenvalue weighted by molar-refractivity contribution is 6.04. The lowest BCUT2D eigenvalue weighted by atomic mass is 10.1. The van der Waals surface area contributed by atoms with Crippen LogP contribution in [-0.2, 0) is 18.0 Å². The molecule has 3 amide bonds. The lowest BCUT2D eigenvalue weighted by molar-refractivity contribution is -0.137. The number of alkyl halides is 3. The minimum atomic E-state index is -4.73. The average Bonchev–Trinajstić information content (AvgIpc) is 3.32. The van der Waals surface area contributed by atoms with Gasteiger partial charge in [-0.3, -0.25) is 9.59 Å². The summed E-state index contributed by atoms with van der Waals surface area (Å²) in [4.78, 5) is 45.6. The predicted octanol–water partition coefficient (Wildman–Crippen LogP) is 6.47. The summed E-state index contributed by atoms with van der Waals surface area (Å²) in [6, 6.07) is 11.6. The molecule has 1 fully saturated rings. The molecule has 4 aromatic rings. The fourth-order valence-corrected chi connectivity index (χ4v) is 4.87. The first kappa shape index (κ1) is 32.3. The van der Waals surface area contributed by atoms with Gasteiger partial charge < -0.3 is 29.2 Å². The molecule has 2 aromatic carbocycles. The van der Waals surface area contributed by atoms with Crippen molar-refractivity contribution in [1.29, 1.82) is 0 Å². The van der Waals surface area contributed by atoms with Crippen molar-refractivity contribution in [3.63, 3.8) is 0 Å². The highest BCUT2D eigenvalue weighted by Gasteiger charge is 2.32. The summed E-state index contributed by atoms with van der Waals surface area (Å²) < 4.78 is 65.6. The molecule has 46 heavy (non-hydrogen) atoms. The Morgan fingerprint density at radius 2 is 1.59 bits per heavy atom. The summed E-state index contributed by atoms with van der Waals surface area (Å²) in [5, 5.41) is 3.21. The van der Waals surface area contributed by atoms with Crippen LogP contribution in [0.5, 0.6) is 11.6 Å². The third-order valence-electron chi connectivity index (χ3n) is 7.21. The lowest BCUT2D eigenvalue weighted by Gasteiger charge is -2.35. The van der Waals surface area contributed by atoms with Crippen LogP contribution in [0, 0.1) is 5.82 Å². The smallest absolute Gasteiger partial charge is 0.416 e. The van der Waals surface area contributed by atoms with Gasteiger partial charge in [-0.05, 0) is 63.2 Å². The van der Waals surface area contributed by atoms with E-state index in [4.69, 9.17) is 9.47 Å². The van der Waals surface area contributed by atoms with E-state index in [1.807, 2.05) is 0 Å². The maximum atomic E-state index is 14.2. The minimum Gasteiger partial charge on any atom is -0.444 e. The van der Waals surface area contributed by atoms with Crippen LogP contribution in [0.15, 0.2) is 60.8 Å². The molecule has 10 nitrogen and oxygen atoms in total. The predicted molar refractivity (Wildman–Crippen MR) is 160 cm³/mol. The van der Waals surface area contributed by atoms with Crippen molar-refractivity contribution >= 4 is 34.5 Å². The van der Waals surface area contributed by atoms with E-state index < -0.39 is 40.7 Å². The number of aryl methyl sites for hydroxylation is 1. The van der Waals surface area contributed by atoms with Gasteiger partial charge in [-0.2, -0.15) is 13.2 Å². The summed E-state index contributed by atoms with van der Waals surface area (Å²) in [6.07, 6.45) is -3.88. The van der Waals surface area contributed by atoms with Gasteiger partial charge in [0.25, 0.3) is 11.8 Å². The van der Waals surface area contributed by atoms with Gasteiger partial charge in [0, 0.05) is 50.7 Å². The second kappa shape index (κ2) is 12.3. The van der Waals surface area contributed by atoms with Crippen LogP contribution in [0.3, 0.4) is 0 Å². The first-order valence-electron chi connectivity index (χ1n) is 14.3. The monoisotopic (exact) mass is 641 g/mol. The number of anilines is 1. The molecular formula is C32H31F4N5O5. The molecule has 0 atom stereocenters. The van der Waals surface area contributed by atoms with Crippen molar-refractivity contribution in [3.05, 3.63) is 83.4 Å². The fourth-order valence-electron chi connectivity index (χ4n) is 4.87. The number of halogens is 4. The van der Waals surface area contributed by atoms with Crippen LogP contribution in [0.2, 0.25) is 0 Å². The summed E-state index contributed by atoms with van der Waals surface area (Å²) >= 11 is 0. The van der Waals surface area contributed by atoms with E-state index in [1.54, 1.807) is 66.5 Å². The van der Waals surface area contributed by atoms with Crippen LogP contribution in [0.4, 0.5) is 28.0 Å². The number of hydrogen-bond acceptors (Lipinski definition) is 6. The van der Waals surface area contributed by atoms with Gasteiger partial charge in [-0.25, -0.2) is 14.2 Å². The third-order valence-corrected chi connectivity index (χ3v) is 7.21. The Kier molecular flexibility index (Phi) is 8.65. The number of aromatic nitrogens is 2. The number of benzene rings is 2. The molecule has 1 aliphatic rings. The zero-order chi connectivity index (χ0) is 33.4. The van der Waals surface area contributed by atoms with Gasteiger partial charge in [0.15, 0.2) is 0 Å². The molecule has 0 aliphatic carbocycles. The quantitative estimate of drug-likeness (QED) is 0.251. The van der Waals surface area contributed by atoms with Gasteiger partial charge in [0.2, 0.25) is 5.88 Å². The number of amides is 3. The Labute approximate surface area is 261 Å². The SMILES string of the molecule is Cn1c(C(=O)N2CCN(C(=O)OC(C)(C)C)CC2)cc2ccc(Oc3ccc(NC(=O)c4ccc(C(F)(F)F)cc4F)cn3)cc21. The number of fused-ring (bicyclic) bond motifs is 1. The Hall–Kier alpha value is -5.14. The Balaban J connectivity index is 1.21. The van der Waals surface area contributed by atoms with Crippen LogP contribution in [-0.4, -0.2) is 69.0 Å². The molecule has 0 saturated carbocycles. The van der Waals surface area contributed by atoms with Gasteiger partial charge in [0.1, 0.15) is 22.9 Å². The molecule has 5 rings (SSSR count). The Morgan fingerprint density at radius 1 is 0.891 bits per heavy atom. The van der Waals surface area contributed by atoms with E-state index in [1.165, 1.54) is 18.3 Å². The van der Waals surface area contributed by atoms with Gasteiger partial charge in [-0.1, -0.05) is 0 Å². The molecule has 0 unspecified atom stereocenters. The topological polar surface area (TPSA) is 106 Å². The van der Waals surface area contributed by atoms with Crippen molar-refractivity contribution < 1.29 is 41.4 Å². The maximum absolute atomic E-state index is 14.2. The van der Waals surface area contributed by atoms with Gasteiger partial charge in [-0.15, -0.1) is 0 Å². The Morgan fingerprint density at radius 3 is 2.20 bits per heavy atom. The van der Waals surface area contributed by atoms with Crippen LogP contribution < -0.4 is 10.1 Å². The van der Waals surface area contributed by atoms with E-state index in [9.17, 15) is 31.9 Å². The van der Waals surface area contributed by atoms with E-state index in [0.29, 0.717) is 43.7 Å². The summed E-state index contributed by atoms with van der Waals surface area (Å²) in [5.41, 5.74) is -0.974. The molecule has 0 bridgehead atoms.